The summed E-state index contributed by atoms with van der Waals surface area (Å²) in [5.41, 5.74) is 4.82. The molecule has 28 heavy (non-hydrogen) atoms. The Morgan fingerprint density at radius 2 is 1.68 bits per heavy atom. The molecule has 0 aliphatic heterocycles. The van der Waals surface area contributed by atoms with Gasteiger partial charge in [-0.1, -0.05) is 62.4 Å². The molecule has 0 radical (unpaired) electrons. The van der Waals surface area contributed by atoms with Crippen LogP contribution in [0.15, 0.2) is 60.7 Å². The van der Waals surface area contributed by atoms with Crippen molar-refractivity contribution in [2.24, 2.45) is 11.8 Å². The minimum Gasteiger partial charge on any atom is -0.299 e. The van der Waals surface area contributed by atoms with Crippen LogP contribution in [0.1, 0.15) is 44.5 Å². The number of ketones is 1. The Kier molecular flexibility index (Phi) is 4.01. The first kappa shape index (κ1) is 17.4. The van der Waals surface area contributed by atoms with E-state index in [9.17, 15) is 4.79 Å². The Balaban J connectivity index is 1.75. The average Bonchev–Trinajstić information content (AvgIpc) is 3.13. The number of hydrogen-bond donors (Lipinski definition) is 0. The van der Waals surface area contributed by atoms with Gasteiger partial charge in [0.25, 0.3) is 0 Å². The van der Waals surface area contributed by atoms with Gasteiger partial charge < -0.3 is 0 Å². The number of carbonyl (C=O) groups excluding carboxylic acids is 1. The summed E-state index contributed by atoms with van der Waals surface area (Å²) in [5.74, 6) is 1.97. The quantitative estimate of drug-likeness (QED) is 0.609. The van der Waals surface area contributed by atoms with E-state index in [1.807, 2.05) is 6.07 Å². The molecule has 2 aliphatic carbocycles. The van der Waals surface area contributed by atoms with Crippen LogP contribution in [0.3, 0.4) is 0 Å². The molecule has 0 bridgehead atoms. The van der Waals surface area contributed by atoms with Gasteiger partial charge in [0, 0.05) is 34.7 Å². The fourth-order valence-electron chi connectivity index (χ4n) is 5.50. The second-order valence-corrected chi connectivity index (χ2v) is 8.59. The summed E-state index contributed by atoms with van der Waals surface area (Å²) in [4.78, 5) is 17.7. The average molecular weight is 370 g/mol. The fraction of sp³-hybridized carbons (Fsp3) is 0.360. The van der Waals surface area contributed by atoms with Gasteiger partial charge in [-0.3, -0.25) is 9.36 Å². The number of nitrogens with zero attached hydrogens (tertiary/aromatic N) is 2. The van der Waals surface area contributed by atoms with Gasteiger partial charge in [0.15, 0.2) is 0 Å². The van der Waals surface area contributed by atoms with Gasteiger partial charge in [-0.2, -0.15) is 0 Å². The summed E-state index contributed by atoms with van der Waals surface area (Å²) >= 11 is 0. The lowest BCUT2D eigenvalue weighted by Gasteiger charge is -2.46. The summed E-state index contributed by atoms with van der Waals surface area (Å²) in [7, 11) is 0. The predicted octanol–water partition coefficient (Wildman–Crippen LogP) is 5.36. The maximum Gasteiger partial charge on any atom is 0.145 e. The van der Waals surface area contributed by atoms with E-state index in [2.05, 4.69) is 73.0 Å². The Bertz CT molecular complexity index is 1020. The first-order chi connectivity index (χ1) is 13.6. The van der Waals surface area contributed by atoms with Crippen molar-refractivity contribution < 1.29 is 4.79 Å². The number of imidazole rings is 1. The lowest BCUT2D eigenvalue weighted by Crippen LogP contribution is -2.47. The van der Waals surface area contributed by atoms with Crippen LogP contribution in [0.5, 0.6) is 0 Å². The van der Waals surface area contributed by atoms with Crippen LogP contribution in [-0.4, -0.2) is 15.3 Å². The molecule has 3 nitrogen and oxygen atoms in total. The van der Waals surface area contributed by atoms with Crippen molar-refractivity contribution in [3.05, 3.63) is 72.1 Å². The van der Waals surface area contributed by atoms with E-state index in [1.54, 1.807) is 0 Å². The van der Waals surface area contributed by atoms with Crippen molar-refractivity contribution >= 4 is 5.78 Å². The largest absolute Gasteiger partial charge is 0.299 e. The first-order valence-electron chi connectivity index (χ1n) is 10.4. The minimum absolute atomic E-state index is 0.0233. The molecule has 142 valence electrons. The second-order valence-electron chi connectivity index (χ2n) is 8.59. The molecule has 1 fully saturated rings. The molecule has 2 aromatic carbocycles. The number of benzene rings is 2. The number of aromatic nitrogens is 2. The number of carbonyl (C=O) groups is 1. The van der Waals surface area contributed by atoms with Gasteiger partial charge in [0.1, 0.15) is 11.6 Å². The molecule has 1 saturated carbocycles. The van der Waals surface area contributed by atoms with Crippen molar-refractivity contribution in [2.45, 2.75) is 44.9 Å². The van der Waals surface area contributed by atoms with Gasteiger partial charge in [-0.25, -0.2) is 4.98 Å². The maximum atomic E-state index is 12.4. The number of fused-ring (bicyclic) bond motifs is 3. The maximum absolute atomic E-state index is 12.4. The van der Waals surface area contributed by atoms with Crippen LogP contribution in [0.4, 0.5) is 0 Å². The third-order valence-electron chi connectivity index (χ3n) is 7.07. The lowest BCUT2D eigenvalue weighted by molar-refractivity contribution is -0.128. The number of para-hydroxylation sites is 1. The van der Waals surface area contributed by atoms with E-state index in [-0.39, 0.29) is 11.3 Å². The van der Waals surface area contributed by atoms with E-state index >= 15 is 0 Å². The Hall–Kier alpha value is -2.68. The molecule has 0 unspecified atom stereocenters. The number of Topliss-reactive ketones (excluding diaryl/α,β-unsaturated/α-hetero) is 1. The zero-order chi connectivity index (χ0) is 19.3. The molecular formula is C25H26N2O. The summed E-state index contributed by atoms with van der Waals surface area (Å²) in [6.07, 6.45) is 3.62. The van der Waals surface area contributed by atoms with Gasteiger partial charge in [-0.15, -0.1) is 0 Å². The van der Waals surface area contributed by atoms with Crippen molar-refractivity contribution in [1.82, 2.24) is 9.55 Å². The molecule has 0 N–H and O–H groups in total. The molecule has 1 aromatic heterocycles. The number of hydrogen-bond acceptors (Lipinski definition) is 2. The van der Waals surface area contributed by atoms with E-state index in [0.717, 1.165) is 36.3 Å². The summed E-state index contributed by atoms with van der Waals surface area (Å²) in [5, 5.41) is 0. The highest BCUT2D eigenvalue weighted by molar-refractivity contribution is 5.82. The Morgan fingerprint density at radius 1 is 1.00 bits per heavy atom. The highest BCUT2D eigenvalue weighted by atomic mass is 16.1. The van der Waals surface area contributed by atoms with E-state index in [4.69, 9.17) is 4.98 Å². The smallest absolute Gasteiger partial charge is 0.145 e. The molecule has 3 heteroatoms. The van der Waals surface area contributed by atoms with E-state index in [1.165, 1.54) is 11.4 Å². The van der Waals surface area contributed by atoms with Crippen LogP contribution in [0.2, 0.25) is 0 Å². The van der Waals surface area contributed by atoms with Crippen LogP contribution in [0.25, 0.3) is 17.1 Å². The Labute approximate surface area is 166 Å². The molecule has 1 heterocycles. The molecular weight excluding hydrogens is 344 g/mol. The van der Waals surface area contributed by atoms with E-state index < -0.39 is 0 Å². The standard InChI is InChI=1S/C25H26N2O/c1-17-20-13-14-21-23(25(20,2)16-15-22(17)28)26-24(18-9-5-3-6-10-18)27(21)19-11-7-4-8-12-19/h3-12,17,20H,13-16H2,1-2H3/t17-,20-,25-/m0/s1. The van der Waals surface area contributed by atoms with Gasteiger partial charge in [-0.05, 0) is 37.3 Å². The minimum atomic E-state index is -0.0233. The van der Waals surface area contributed by atoms with Crippen LogP contribution in [-0.2, 0) is 16.6 Å². The van der Waals surface area contributed by atoms with Crippen molar-refractivity contribution in [3.63, 3.8) is 0 Å². The molecule has 0 spiro atoms. The SMILES string of the molecule is C[C@@H]1C(=O)CC[C@]2(C)c3nc(-c4ccccc4)n(-c4ccccc4)c3CC[C@@H]12. The molecule has 3 aromatic rings. The van der Waals surface area contributed by atoms with Gasteiger partial charge in [0.2, 0.25) is 0 Å². The highest BCUT2D eigenvalue weighted by Crippen LogP contribution is 2.51. The van der Waals surface area contributed by atoms with Crippen molar-refractivity contribution in [2.75, 3.05) is 0 Å². The first-order valence-corrected chi connectivity index (χ1v) is 10.4. The van der Waals surface area contributed by atoms with Crippen LogP contribution >= 0.6 is 0 Å². The molecule has 0 amide bonds. The Morgan fingerprint density at radius 3 is 2.39 bits per heavy atom. The second kappa shape index (κ2) is 6.44. The summed E-state index contributed by atoms with van der Waals surface area (Å²) in [6.45, 7) is 4.47. The third-order valence-corrected chi connectivity index (χ3v) is 7.07. The topological polar surface area (TPSA) is 34.9 Å². The van der Waals surface area contributed by atoms with Gasteiger partial charge in [0.05, 0.1) is 5.69 Å². The third kappa shape index (κ3) is 2.49. The van der Waals surface area contributed by atoms with Crippen molar-refractivity contribution in [3.8, 4) is 17.1 Å². The number of rotatable bonds is 2. The molecule has 0 saturated heterocycles. The zero-order valence-electron chi connectivity index (χ0n) is 16.6. The summed E-state index contributed by atoms with van der Waals surface area (Å²) < 4.78 is 2.35. The highest BCUT2D eigenvalue weighted by Gasteiger charge is 2.50. The fourth-order valence-corrected chi connectivity index (χ4v) is 5.50. The van der Waals surface area contributed by atoms with Crippen LogP contribution < -0.4 is 0 Å². The van der Waals surface area contributed by atoms with E-state index in [0.29, 0.717) is 18.1 Å². The molecule has 5 rings (SSSR count). The monoisotopic (exact) mass is 370 g/mol. The molecule has 3 atom stereocenters. The van der Waals surface area contributed by atoms with Crippen molar-refractivity contribution in [1.29, 1.82) is 0 Å². The normalized spacial score (nSPS) is 26.6. The lowest BCUT2D eigenvalue weighted by atomic mass is 9.57. The molecule has 2 aliphatic rings. The van der Waals surface area contributed by atoms with Gasteiger partial charge >= 0.3 is 0 Å². The predicted molar refractivity (Wildman–Crippen MR) is 112 cm³/mol. The zero-order valence-corrected chi connectivity index (χ0v) is 16.6. The summed E-state index contributed by atoms with van der Waals surface area (Å²) in [6, 6.07) is 21.0. The van der Waals surface area contributed by atoms with Crippen LogP contribution in [0, 0.1) is 11.8 Å².